The van der Waals surface area contributed by atoms with Crippen LogP contribution in [-0.2, 0) is 11.2 Å². The first kappa shape index (κ1) is 18.1. The predicted octanol–water partition coefficient (Wildman–Crippen LogP) is 4.49. The smallest absolute Gasteiger partial charge is 0.230 e. The number of benzene rings is 2. The van der Waals surface area contributed by atoms with E-state index in [0.29, 0.717) is 16.6 Å². The standard InChI is InChI=1S/C21H19N3O3S/c1-26-18-8-7-13(9-19(18)27-2)17-12-28-21(23-17)24-20(25)10-14-11-22-16-6-4-3-5-15(14)16/h3-9,11-12,22H,10H2,1-2H3,(H,23,24,25). The molecule has 0 radical (unpaired) electrons. The molecule has 0 fully saturated rings. The van der Waals surface area contributed by atoms with E-state index in [9.17, 15) is 4.79 Å². The van der Waals surface area contributed by atoms with Crippen LogP contribution in [0.15, 0.2) is 54.0 Å². The number of para-hydroxylation sites is 1. The number of thiazole rings is 1. The van der Waals surface area contributed by atoms with Crippen LogP contribution in [0.25, 0.3) is 22.2 Å². The quantitative estimate of drug-likeness (QED) is 0.506. The summed E-state index contributed by atoms with van der Waals surface area (Å²) < 4.78 is 10.6. The SMILES string of the molecule is COc1ccc(-c2csc(NC(=O)Cc3c[nH]c4ccccc34)n2)cc1OC. The molecule has 7 heteroatoms. The van der Waals surface area contributed by atoms with E-state index in [0.717, 1.165) is 27.7 Å². The number of rotatable bonds is 6. The van der Waals surface area contributed by atoms with Crippen molar-refractivity contribution in [3.63, 3.8) is 0 Å². The molecular formula is C21H19N3O3S. The predicted molar refractivity (Wildman–Crippen MR) is 111 cm³/mol. The van der Waals surface area contributed by atoms with E-state index >= 15 is 0 Å². The van der Waals surface area contributed by atoms with Crippen molar-refractivity contribution in [2.75, 3.05) is 19.5 Å². The normalized spacial score (nSPS) is 10.8. The highest BCUT2D eigenvalue weighted by Crippen LogP contribution is 2.33. The molecule has 0 spiro atoms. The molecule has 0 saturated carbocycles. The summed E-state index contributed by atoms with van der Waals surface area (Å²) in [5.41, 5.74) is 3.65. The molecule has 6 nitrogen and oxygen atoms in total. The highest BCUT2D eigenvalue weighted by Gasteiger charge is 2.13. The topological polar surface area (TPSA) is 76.2 Å². The van der Waals surface area contributed by atoms with Crippen LogP contribution in [0.2, 0.25) is 0 Å². The fraction of sp³-hybridized carbons (Fsp3) is 0.143. The van der Waals surface area contributed by atoms with Crippen LogP contribution in [0.3, 0.4) is 0 Å². The molecule has 0 saturated heterocycles. The number of nitrogens with zero attached hydrogens (tertiary/aromatic N) is 1. The summed E-state index contributed by atoms with van der Waals surface area (Å²) in [4.78, 5) is 20.2. The van der Waals surface area contributed by atoms with Crippen molar-refractivity contribution in [2.24, 2.45) is 0 Å². The van der Waals surface area contributed by atoms with E-state index in [1.165, 1.54) is 11.3 Å². The Morgan fingerprint density at radius 3 is 2.79 bits per heavy atom. The average Bonchev–Trinajstić information content (AvgIpc) is 3.35. The monoisotopic (exact) mass is 393 g/mol. The molecule has 142 valence electrons. The molecule has 2 aromatic heterocycles. The molecule has 0 bridgehead atoms. The number of anilines is 1. The van der Waals surface area contributed by atoms with Crippen LogP contribution >= 0.6 is 11.3 Å². The number of carbonyl (C=O) groups excluding carboxylic acids is 1. The van der Waals surface area contributed by atoms with Gasteiger partial charge in [0.25, 0.3) is 0 Å². The summed E-state index contributed by atoms with van der Waals surface area (Å²) in [6.07, 6.45) is 2.16. The third-order valence-electron chi connectivity index (χ3n) is 4.46. The van der Waals surface area contributed by atoms with Crippen LogP contribution in [-0.4, -0.2) is 30.1 Å². The zero-order chi connectivity index (χ0) is 19.5. The van der Waals surface area contributed by atoms with Crippen molar-refractivity contribution in [2.45, 2.75) is 6.42 Å². The number of fused-ring (bicyclic) bond motifs is 1. The number of ether oxygens (including phenoxy) is 2. The lowest BCUT2D eigenvalue weighted by Gasteiger charge is -2.08. The van der Waals surface area contributed by atoms with E-state index in [4.69, 9.17) is 9.47 Å². The second kappa shape index (κ2) is 7.74. The zero-order valence-corrected chi connectivity index (χ0v) is 16.3. The third kappa shape index (κ3) is 3.57. The molecule has 1 amide bonds. The zero-order valence-electron chi connectivity index (χ0n) is 15.5. The van der Waals surface area contributed by atoms with Gasteiger partial charge < -0.3 is 19.8 Å². The minimum absolute atomic E-state index is 0.0991. The fourth-order valence-corrected chi connectivity index (χ4v) is 3.81. The van der Waals surface area contributed by atoms with Gasteiger partial charge in [0.05, 0.1) is 26.3 Å². The van der Waals surface area contributed by atoms with Crippen molar-refractivity contribution in [3.8, 4) is 22.8 Å². The third-order valence-corrected chi connectivity index (χ3v) is 5.21. The number of H-pyrrole nitrogens is 1. The largest absolute Gasteiger partial charge is 0.493 e. The van der Waals surface area contributed by atoms with Gasteiger partial charge >= 0.3 is 0 Å². The second-order valence-electron chi connectivity index (χ2n) is 6.19. The first-order valence-corrected chi connectivity index (χ1v) is 9.58. The van der Waals surface area contributed by atoms with Crippen LogP contribution in [0, 0.1) is 0 Å². The molecule has 0 unspecified atom stereocenters. The van der Waals surface area contributed by atoms with Crippen molar-refractivity contribution in [3.05, 3.63) is 59.6 Å². The van der Waals surface area contributed by atoms with E-state index in [2.05, 4.69) is 15.3 Å². The molecule has 2 aromatic carbocycles. The maximum atomic E-state index is 12.5. The molecule has 4 aromatic rings. The summed E-state index contributed by atoms with van der Waals surface area (Å²) in [5.74, 6) is 1.20. The number of amides is 1. The van der Waals surface area contributed by atoms with Crippen molar-refractivity contribution in [1.29, 1.82) is 0 Å². The Hall–Kier alpha value is -3.32. The minimum Gasteiger partial charge on any atom is -0.493 e. The molecule has 0 aliphatic heterocycles. The van der Waals surface area contributed by atoms with E-state index < -0.39 is 0 Å². The molecular weight excluding hydrogens is 374 g/mol. The van der Waals surface area contributed by atoms with Crippen LogP contribution in [0.1, 0.15) is 5.56 Å². The van der Waals surface area contributed by atoms with Gasteiger partial charge in [-0.25, -0.2) is 4.98 Å². The van der Waals surface area contributed by atoms with Gasteiger partial charge in [-0.05, 0) is 29.8 Å². The molecule has 28 heavy (non-hydrogen) atoms. The number of aromatic amines is 1. The molecule has 0 aliphatic carbocycles. The van der Waals surface area contributed by atoms with Crippen molar-refractivity contribution in [1.82, 2.24) is 9.97 Å². The molecule has 0 atom stereocenters. The Balaban J connectivity index is 1.48. The lowest BCUT2D eigenvalue weighted by molar-refractivity contribution is -0.115. The Labute approximate surface area is 166 Å². The number of nitrogens with one attached hydrogen (secondary N) is 2. The van der Waals surface area contributed by atoms with Crippen molar-refractivity contribution < 1.29 is 14.3 Å². The van der Waals surface area contributed by atoms with Crippen molar-refractivity contribution >= 4 is 33.3 Å². The van der Waals surface area contributed by atoms with Crippen LogP contribution in [0.4, 0.5) is 5.13 Å². The number of aromatic nitrogens is 2. The summed E-state index contributed by atoms with van der Waals surface area (Å²) in [6, 6.07) is 13.5. The summed E-state index contributed by atoms with van der Waals surface area (Å²) in [5, 5.41) is 6.41. The Morgan fingerprint density at radius 2 is 1.96 bits per heavy atom. The highest BCUT2D eigenvalue weighted by molar-refractivity contribution is 7.14. The van der Waals surface area contributed by atoms with Gasteiger partial charge in [0, 0.05) is 28.0 Å². The van der Waals surface area contributed by atoms with Gasteiger partial charge in [0.15, 0.2) is 16.6 Å². The first-order valence-electron chi connectivity index (χ1n) is 8.70. The van der Waals surface area contributed by atoms with E-state index in [1.807, 2.05) is 54.0 Å². The lowest BCUT2D eigenvalue weighted by atomic mass is 10.1. The lowest BCUT2D eigenvalue weighted by Crippen LogP contribution is -2.14. The highest BCUT2D eigenvalue weighted by atomic mass is 32.1. The number of hydrogen-bond donors (Lipinski definition) is 2. The van der Waals surface area contributed by atoms with E-state index in [-0.39, 0.29) is 12.3 Å². The number of carbonyl (C=O) groups is 1. The second-order valence-corrected chi connectivity index (χ2v) is 7.05. The van der Waals surface area contributed by atoms with Gasteiger partial charge in [-0.15, -0.1) is 11.3 Å². The number of hydrogen-bond acceptors (Lipinski definition) is 5. The van der Waals surface area contributed by atoms with Gasteiger partial charge in [-0.1, -0.05) is 18.2 Å². The van der Waals surface area contributed by atoms with Gasteiger partial charge in [-0.3, -0.25) is 4.79 Å². The molecule has 2 heterocycles. The summed E-state index contributed by atoms with van der Waals surface area (Å²) in [7, 11) is 3.20. The summed E-state index contributed by atoms with van der Waals surface area (Å²) >= 11 is 1.39. The maximum absolute atomic E-state index is 12.5. The van der Waals surface area contributed by atoms with Gasteiger partial charge in [0.2, 0.25) is 5.91 Å². The Kier molecular flexibility index (Phi) is 4.99. The minimum atomic E-state index is -0.0991. The molecule has 2 N–H and O–H groups in total. The maximum Gasteiger partial charge on any atom is 0.230 e. The first-order chi connectivity index (χ1) is 13.7. The molecule has 0 aliphatic rings. The average molecular weight is 393 g/mol. The van der Waals surface area contributed by atoms with Crippen LogP contribution < -0.4 is 14.8 Å². The van der Waals surface area contributed by atoms with Crippen LogP contribution in [0.5, 0.6) is 11.5 Å². The Morgan fingerprint density at radius 1 is 1.14 bits per heavy atom. The molecule has 4 rings (SSSR count). The Bertz CT molecular complexity index is 1130. The van der Waals surface area contributed by atoms with Gasteiger partial charge in [0.1, 0.15) is 0 Å². The number of methoxy groups -OCH3 is 2. The van der Waals surface area contributed by atoms with E-state index in [1.54, 1.807) is 14.2 Å². The summed E-state index contributed by atoms with van der Waals surface area (Å²) in [6.45, 7) is 0. The van der Waals surface area contributed by atoms with Gasteiger partial charge in [-0.2, -0.15) is 0 Å². The fourth-order valence-electron chi connectivity index (χ4n) is 3.07.